The Morgan fingerprint density at radius 2 is 2.15 bits per heavy atom. The molecule has 0 aromatic carbocycles. The second-order valence-electron chi connectivity index (χ2n) is 4.99. The lowest BCUT2D eigenvalue weighted by Crippen LogP contribution is -2.37. The van der Waals surface area contributed by atoms with Gasteiger partial charge in [0.1, 0.15) is 0 Å². The summed E-state index contributed by atoms with van der Waals surface area (Å²) in [5.41, 5.74) is 5.47. The average molecular weight is 184 g/mol. The minimum absolute atomic E-state index is 0.200. The van der Waals surface area contributed by atoms with Crippen LogP contribution in [0, 0.1) is 11.3 Å². The van der Waals surface area contributed by atoms with Crippen molar-refractivity contribution in [2.24, 2.45) is 17.1 Å². The molecule has 0 aromatic heterocycles. The molecule has 1 saturated heterocycles. The predicted molar refractivity (Wildman–Crippen MR) is 53.2 cm³/mol. The molecule has 3 heteroatoms. The first kappa shape index (κ1) is 10.5. The first-order valence-electron chi connectivity index (χ1n) is 4.93. The topological polar surface area (TPSA) is 55.1 Å². The van der Waals surface area contributed by atoms with Gasteiger partial charge in [0.25, 0.3) is 0 Å². The van der Waals surface area contributed by atoms with Crippen molar-refractivity contribution in [1.29, 1.82) is 0 Å². The molecule has 2 unspecified atom stereocenters. The normalized spacial score (nSPS) is 29.2. The third-order valence-electron chi connectivity index (χ3n) is 2.88. The SMILES string of the molecule is CC(C)(C)C1CCNC1CC(N)=O. The Morgan fingerprint density at radius 1 is 1.54 bits per heavy atom. The fraction of sp³-hybridized carbons (Fsp3) is 0.900. The van der Waals surface area contributed by atoms with Crippen molar-refractivity contribution >= 4 is 5.91 Å². The van der Waals surface area contributed by atoms with Crippen LogP contribution in [0.4, 0.5) is 0 Å². The second-order valence-corrected chi connectivity index (χ2v) is 4.99. The first-order valence-corrected chi connectivity index (χ1v) is 4.93. The van der Waals surface area contributed by atoms with E-state index in [1.165, 1.54) is 0 Å². The molecule has 1 fully saturated rings. The maximum atomic E-state index is 10.8. The van der Waals surface area contributed by atoms with E-state index in [2.05, 4.69) is 26.1 Å². The molecule has 76 valence electrons. The quantitative estimate of drug-likeness (QED) is 0.669. The summed E-state index contributed by atoms with van der Waals surface area (Å²) < 4.78 is 0. The number of primary amides is 1. The van der Waals surface area contributed by atoms with Gasteiger partial charge < -0.3 is 11.1 Å². The van der Waals surface area contributed by atoms with Crippen LogP contribution in [0.2, 0.25) is 0 Å². The van der Waals surface area contributed by atoms with Crippen molar-refractivity contribution in [3.8, 4) is 0 Å². The van der Waals surface area contributed by atoms with E-state index in [1.807, 2.05) is 0 Å². The monoisotopic (exact) mass is 184 g/mol. The van der Waals surface area contributed by atoms with Crippen LogP contribution in [0.5, 0.6) is 0 Å². The summed E-state index contributed by atoms with van der Waals surface area (Å²) in [5.74, 6) is 0.369. The van der Waals surface area contributed by atoms with E-state index in [9.17, 15) is 4.79 Å². The van der Waals surface area contributed by atoms with Gasteiger partial charge in [-0.05, 0) is 24.3 Å². The molecule has 2 atom stereocenters. The molecule has 0 radical (unpaired) electrons. The Balaban J connectivity index is 2.59. The van der Waals surface area contributed by atoms with Gasteiger partial charge in [0.2, 0.25) is 5.91 Å². The standard InChI is InChI=1S/C10H20N2O/c1-10(2,3)7-4-5-12-8(7)6-9(11)13/h7-8,12H,4-6H2,1-3H3,(H2,11,13). The van der Waals surface area contributed by atoms with Gasteiger partial charge in [-0.3, -0.25) is 4.79 Å². The molecule has 1 aliphatic heterocycles. The lowest BCUT2D eigenvalue weighted by Gasteiger charge is -2.31. The fourth-order valence-corrected chi connectivity index (χ4v) is 2.24. The molecule has 13 heavy (non-hydrogen) atoms. The first-order chi connectivity index (χ1) is 5.91. The Morgan fingerprint density at radius 3 is 2.62 bits per heavy atom. The molecule has 3 nitrogen and oxygen atoms in total. The molecule has 1 aliphatic rings. The van der Waals surface area contributed by atoms with Crippen molar-refractivity contribution in [2.75, 3.05) is 6.54 Å². The lowest BCUT2D eigenvalue weighted by atomic mass is 9.75. The highest BCUT2D eigenvalue weighted by atomic mass is 16.1. The van der Waals surface area contributed by atoms with E-state index in [0.717, 1.165) is 13.0 Å². The number of hydrogen-bond donors (Lipinski definition) is 2. The van der Waals surface area contributed by atoms with E-state index < -0.39 is 0 Å². The van der Waals surface area contributed by atoms with Gasteiger partial charge in [-0.15, -0.1) is 0 Å². The van der Waals surface area contributed by atoms with Crippen LogP contribution in [0.25, 0.3) is 0 Å². The molecule has 0 spiro atoms. The van der Waals surface area contributed by atoms with E-state index in [-0.39, 0.29) is 17.4 Å². The minimum Gasteiger partial charge on any atom is -0.370 e. The number of nitrogens with one attached hydrogen (secondary N) is 1. The average Bonchev–Trinajstić information content (AvgIpc) is 2.31. The maximum absolute atomic E-state index is 10.8. The molecular weight excluding hydrogens is 164 g/mol. The number of carbonyl (C=O) groups excluding carboxylic acids is 1. The molecule has 0 aromatic rings. The summed E-state index contributed by atoms with van der Waals surface area (Å²) in [7, 11) is 0. The largest absolute Gasteiger partial charge is 0.370 e. The van der Waals surface area contributed by atoms with Crippen LogP contribution in [0.3, 0.4) is 0 Å². The van der Waals surface area contributed by atoms with Gasteiger partial charge in [0, 0.05) is 12.5 Å². The summed E-state index contributed by atoms with van der Waals surface area (Å²) in [4.78, 5) is 10.8. The zero-order valence-electron chi connectivity index (χ0n) is 8.76. The minimum atomic E-state index is -0.200. The van der Waals surface area contributed by atoms with Gasteiger partial charge in [0.15, 0.2) is 0 Å². The molecule has 1 rings (SSSR count). The van der Waals surface area contributed by atoms with Gasteiger partial charge in [-0.25, -0.2) is 0 Å². The summed E-state index contributed by atoms with van der Waals surface area (Å²) in [5, 5.41) is 3.34. The summed E-state index contributed by atoms with van der Waals surface area (Å²) in [6, 6.07) is 0.289. The number of carbonyl (C=O) groups is 1. The summed E-state index contributed by atoms with van der Waals surface area (Å²) >= 11 is 0. The van der Waals surface area contributed by atoms with Crippen molar-refractivity contribution in [3.63, 3.8) is 0 Å². The van der Waals surface area contributed by atoms with Gasteiger partial charge >= 0.3 is 0 Å². The molecule has 3 N–H and O–H groups in total. The smallest absolute Gasteiger partial charge is 0.218 e. The third kappa shape index (κ3) is 2.69. The van der Waals surface area contributed by atoms with E-state index >= 15 is 0 Å². The Bertz CT molecular complexity index is 196. The molecule has 0 aliphatic carbocycles. The van der Waals surface area contributed by atoms with Gasteiger partial charge in [0.05, 0.1) is 0 Å². The Kier molecular flexibility index (Phi) is 2.96. The fourth-order valence-electron chi connectivity index (χ4n) is 2.24. The van der Waals surface area contributed by atoms with Crippen molar-refractivity contribution in [2.45, 2.75) is 39.7 Å². The molecule has 0 saturated carbocycles. The van der Waals surface area contributed by atoms with Crippen LogP contribution in [0.1, 0.15) is 33.6 Å². The highest BCUT2D eigenvalue weighted by Gasteiger charge is 2.36. The number of hydrogen-bond acceptors (Lipinski definition) is 2. The van der Waals surface area contributed by atoms with E-state index in [0.29, 0.717) is 12.3 Å². The van der Waals surface area contributed by atoms with E-state index in [4.69, 9.17) is 5.73 Å². The summed E-state index contributed by atoms with van der Waals surface area (Å²) in [6.45, 7) is 7.68. The van der Waals surface area contributed by atoms with Crippen LogP contribution in [-0.4, -0.2) is 18.5 Å². The van der Waals surface area contributed by atoms with E-state index in [1.54, 1.807) is 0 Å². The van der Waals surface area contributed by atoms with Crippen LogP contribution in [0.15, 0.2) is 0 Å². The van der Waals surface area contributed by atoms with Crippen molar-refractivity contribution in [1.82, 2.24) is 5.32 Å². The van der Waals surface area contributed by atoms with Gasteiger partial charge in [-0.2, -0.15) is 0 Å². The molecular formula is C10H20N2O. The number of amides is 1. The zero-order valence-corrected chi connectivity index (χ0v) is 8.76. The zero-order chi connectivity index (χ0) is 10.1. The van der Waals surface area contributed by atoms with Crippen molar-refractivity contribution in [3.05, 3.63) is 0 Å². The molecule has 0 bridgehead atoms. The maximum Gasteiger partial charge on any atom is 0.218 e. The highest BCUT2D eigenvalue weighted by Crippen LogP contribution is 2.35. The lowest BCUT2D eigenvalue weighted by molar-refractivity contribution is -0.118. The predicted octanol–water partition coefficient (Wildman–Crippen LogP) is 0.886. The van der Waals surface area contributed by atoms with Crippen LogP contribution in [-0.2, 0) is 4.79 Å². The Hall–Kier alpha value is -0.570. The molecule has 1 heterocycles. The van der Waals surface area contributed by atoms with Crippen molar-refractivity contribution < 1.29 is 4.79 Å². The van der Waals surface area contributed by atoms with Gasteiger partial charge in [-0.1, -0.05) is 20.8 Å². The second kappa shape index (κ2) is 3.66. The molecule has 1 amide bonds. The summed E-state index contributed by atoms with van der Waals surface area (Å²) in [6.07, 6.45) is 1.63. The third-order valence-corrected chi connectivity index (χ3v) is 2.88. The Labute approximate surface area is 80.1 Å². The van der Waals surface area contributed by atoms with Crippen LogP contribution >= 0.6 is 0 Å². The highest BCUT2D eigenvalue weighted by molar-refractivity contribution is 5.74. The number of nitrogens with two attached hydrogens (primary N) is 1. The number of rotatable bonds is 2. The van der Waals surface area contributed by atoms with Crippen LogP contribution < -0.4 is 11.1 Å².